The molecule has 0 radical (unpaired) electrons. The van der Waals surface area contributed by atoms with Crippen molar-refractivity contribution in [3.05, 3.63) is 0 Å². The van der Waals surface area contributed by atoms with Crippen LogP contribution in [0.25, 0.3) is 0 Å². The van der Waals surface area contributed by atoms with Crippen molar-refractivity contribution in [3.63, 3.8) is 0 Å². The summed E-state index contributed by atoms with van der Waals surface area (Å²) in [5.74, 6) is 0.820. The van der Waals surface area contributed by atoms with Gasteiger partial charge in [-0.1, -0.05) is 51.9 Å². The number of hydrogen-bond acceptors (Lipinski definition) is 3. The van der Waals surface area contributed by atoms with Crippen molar-refractivity contribution in [3.8, 4) is 0 Å². The lowest BCUT2D eigenvalue weighted by molar-refractivity contribution is -0.0565. The maximum atomic E-state index is 10.5. The van der Waals surface area contributed by atoms with Crippen LogP contribution in [-0.2, 0) is 4.74 Å². The minimum atomic E-state index is -0.695. The van der Waals surface area contributed by atoms with E-state index in [1.165, 1.54) is 51.4 Å². The molecule has 0 aliphatic carbocycles. The van der Waals surface area contributed by atoms with Crippen LogP contribution in [0.2, 0.25) is 0 Å². The summed E-state index contributed by atoms with van der Waals surface area (Å²) < 4.78 is 5.31. The summed E-state index contributed by atoms with van der Waals surface area (Å²) in [6, 6.07) is 0. The van der Waals surface area contributed by atoms with Gasteiger partial charge in [0.2, 0.25) is 0 Å². The molecular formula is C19H39N3O2. The van der Waals surface area contributed by atoms with Gasteiger partial charge in [0.25, 0.3) is 0 Å². The number of hydrogen-bond donors (Lipinski definition) is 3. The van der Waals surface area contributed by atoms with Gasteiger partial charge in [0.05, 0.1) is 12.1 Å². The molecule has 1 fully saturated rings. The molecule has 0 aromatic rings. The lowest BCUT2D eigenvalue weighted by Crippen LogP contribution is -2.42. The van der Waals surface area contributed by atoms with E-state index in [2.05, 4.69) is 29.5 Å². The third-order valence-electron chi connectivity index (χ3n) is 4.62. The molecule has 0 bridgehead atoms. The molecule has 1 saturated heterocycles. The highest BCUT2D eigenvalue weighted by molar-refractivity contribution is 5.79. The van der Waals surface area contributed by atoms with E-state index in [1.54, 1.807) is 0 Å². The first-order valence-electron chi connectivity index (χ1n) is 10.0. The molecule has 0 spiro atoms. The number of unbranched alkanes of at least 4 members (excludes halogenated alkanes) is 7. The maximum Gasteiger partial charge on any atom is 0.191 e. The molecule has 1 aliphatic rings. The molecule has 0 amide bonds. The molecule has 0 aromatic carbocycles. The molecular weight excluding hydrogens is 302 g/mol. The van der Waals surface area contributed by atoms with Crippen LogP contribution in [-0.4, -0.2) is 49.5 Å². The van der Waals surface area contributed by atoms with Crippen LogP contribution in [0, 0.1) is 0 Å². The number of ether oxygens (including phenoxy) is 1. The molecule has 0 atom stereocenters. The number of guanidine groups is 1. The Morgan fingerprint density at radius 1 is 0.958 bits per heavy atom. The van der Waals surface area contributed by atoms with Gasteiger partial charge in [-0.15, -0.1) is 0 Å². The van der Waals surface area contributed by atoms with E-state index < -0.39 is 5.60 Å². The van der Waals surface area contributed by atoms with Crippen LogP contribution in [0.1, 0.15) is 78.1 Å². The average Bonchev–Trinajstić information content (AvgIpc) is 2.59. The van der Waals surface area contributed by atoms with Crippen molar-refractivity contribution in [1.29, 1.82) is 0 Å². The topological polar surface area (TPSA) is 65.9 Å². The normalized spacial score (nSPS) is 17.7. The zero-order valence-electron chi connectivity index (χ0n) is 15.9. The first kappa shape index (κ1) is 21.2. The summed E-state index contributed by atoms with van der Waals surface area (Å²) in [6.45, 7) is 7.82. The summed E-state index contributed by atoms with van der Waals surface area (Å²) in [5, 5.41) is 17.1. The van der Waals surface area contributed by atoms with Gasteiger partial charge in [0, 0.05) is 39.1 Å². The molecule has 1 rings (SSSR count). The van der Waals surface area contributed by atoms with Crippen molar-refractivity contribution in [2.75, 3.05) is 32.8 Å². The quantitative estimate of drug-likeness (QED) is 0.290. The van der Waals surface area contributed by atoms with E-state index in [4.69, 9.17) is 4.74 Å². The van der Waals surface area contributed by atoms with Crippen LogP contribution in [0.4, 0.5) is 0 Å². The van der Waals surface area contributed by atoms with E-state index >= 15 is 0 Å². The minimum Gasteiger partial charge on any atom is -0.388 e. The predicted molar refractivity (Wildman–Crippen MR) is 102 cm³/mol. The lowest BCUT2D eigenvalue weighted by Gasteiger charge is -2.30. The zero-order chi connectivity index (χ0) is 17.5. The Kier molecular flexibility index (Phi) is 11.9. The fourth-order valence-electron chi connectivity index (χ4n) is 2.94. The molecule has 1 aliphatic heterocycles. The third kappa shape index (κ3) is 10.1. The monoisotopic (exact) mass is 341 g/mol. The highest BCUT2D eigenvalue weighted by Crippen LogP contribution is 2.20. The van der Waals surface area contributed by atoms with Gasteiger partial charge >= 0.3 is 0 Å². The standard InChI is InChI=1S/C19H39N3O2/c1-3-5-6-7-8-9-10-11-14-21-18(20-4-2)22-17-19(23)12-15-24-16-13-19/h23H,3-17H2,1-2H3,(H2,20,21,22). The number of aliphatic imine (C=N–C) groups is 1. The predicted octanol–water partition coefficient (Wildman–Crippen LogP) is 3.22. The molecule has 5 heteroatoms. The Morgan fingerprint density at radius 2 is 1.58 bits per heavy atom. The van der Waals surface area contributed by atoms with Crippen molar-refractivity contribution in [2.45, 2.75) is 83.7 Å². The Labute approximate surface area is 148 Å². The van der Waals surface area contributed by atoms with Gasteiger partial charge in [-0.25, -0.2) is 0 Å². The van der Waals surface area contributed by atoms with E-state index in [0.29, 0.717) is 32.6 Å². The smallest absolute Gasteiger partial charge is 0.191 e. The Balaban J connectivity index is 2.14. The first-order chi connectivity index (χ1) is 11.7. The highest BCUT2D eigenvalue weighted by atomic mass is 16.5. The molecule has 1 heterocycles. The van der Waals surface area contributed by atoms with Crippen LogP contribution in [0.15, 0.2) is 4.99 Å². The summed E-state index contributed by atoms with van der Waals surface area (Å²) in [7, 11) is 0. The van der Waals surface area contributed by atoms with Crippen molar-refractivity contribution >= 4 is 5.96 Å². The van der Waals surface area contributed by atoms with E-state index in [-0.39, 0.29) is 0 Å². The molecule has 0 unspecified atom stereocenters. The maximum absolute atomic E-state index is 10.5. The second-order valence-electron chi connectivity index (χ2n) is 6.93. The summed E-state index contributed by atoms with van der Waals surface area (Å²) in [4.78, 5) is 4.57. The van der Waals surface area contributed by atoms with Crippen LogP contribution in [0.3, 0.4) is 0 Å². The second-order valence-corrected chi connectivity index (χ2v) is 6.93. The fraction of sp³-hybridized carbons (Fsp3) is 0.947. The third-order valence-corrected chi connectivity index (χ3v) is 4.62. The molecule has 0 aromatic heterocycles. The summed E-state index contributed by atoms with van der Waals surface area (Å²) >= 11 is 0. The minimum absolute atomic E-state index is 0.448. The van der Waals surface area contributed by atoms with Crippen LogP contribution in [0.5, 0.6) is 0 Å². The van der Waals surface area contributed by atoms with Gasteiger partial charge in [-0.05, 0) is 13.3 Å². The first-order valence-corrected chi connectivity index (χ1v) is 10.0. The molecule has 0 saturated carbocycles. The molecule has 5 nitrogen and oxygen atoms in total. The number of rotatable bonds is 12. The van der Waals surface area contributed by atoms with Crippen LogP contribution < -0.4 is 10.6 Å². The van der Waals surface area contributed by atoms with E-state index in [1.807, 2.05) is 0 Å². The average molecular weight is 342 g/mol. The lowest BCUT2D eigenvalue weighted by atomic mass is 9.95. The number of nitrogens with one attached hydrogen (secondary N) is 2. The fourth-order valence-corrected chi connectivity index (χ4v) is 2.94. The Hall–Kier alpha value is -0.810. The molecule has 142 valence electrons. The summed E-state index contributed by atoms with van der Waals surface area (Å²) in [5.41, 5.74) is -0.695. The highest BCUT2D eigenvalue weighted by Gasteiger charge is 2.29. The number of nitrogens with zero attached hydrogens (tertiary/aromatic N) is 1. The van der Waals surface area contributed by atoms with Gasteiger partial charge in [0.15, 0.2) is 5.96 Å². The molecule has 3 N–H and O–H groups in total. The Morgan fingerprint density at radius 3 is 2.21 bits per heavy atom. The largest absolute Gasteiger partial charge is 0.388 e. The van der Waals surface area contributed by atoms with E-state index in [0.717, 1.165) is 19.0 Å². The summed E-state index contributed by atoms with van der Waals surface area (Å²) in [6.07, 6.45) is 12.0. The van der Waals surface area contributed by atoms with E-state index in [9.17, 15) is 5.11 Å². The number of aliphatic hydroxyl groups is 1. The van der Waals surface area contributed by atoms with Crippen LogP contribution >= 0.6 is 0 Å². The van der Waals surface area contributed by atoms with Gasteiger partial charge in [-0.3, -0.25) is 4.99 Å². The van der Waals surface area contributed by atoms with Gasteiger partial charge in [-0.2, -0.15) is 0 Å². The van der Waals surface area contributed by atoms with Crippen molar-refractivity contribution in [1.82, 2.24) is 10.6 Å². The Bertz CT molecular complexity index is 329. The SMILES string of the molecule is CCCCCCCCCCNC(=NCC1(O)CCOCC1)NCC. The van der Waals surface area contributed by atoms with Crippen molar-refractivity contribution in [2.24, 2.45) is 4.99 Å². The van der Waals surface area contributed by atoms with Crippen molar-refractivity contribution < 1.29 is 9.84 Å². The van der Waals surface area contributed by atoms with Gasteiger partial charge in [0.1, 0.15) is 0 Å². The zero-order valence-corrected chi connectivity index (χ0v) is 15.9. The second kappa shape index (κ2) is 13.5. The van der Waals surface area contributed by atoms with Gasteiger partial charge < -0.3 is 20.5 Å². The molecule has 24 heavy (non-hydrogen) atoms.